The number of ether oxygens (including phenoxy) is 1. The SMILES string of the molecule is Cc1cccc(OCCCCn2c(CCNC=O)nc3ccccc32)c1C. The number of imidazole rings is 1. The minimum Gasteiger partial charge on any atom is -0.493 e. The summed E-state index contributed by atoms with van der Waals surface area (Å²) >= 11 is 0. The largest absolute Gasteiger partial charge is 0.493 e. The van der Waals surface area contributed by atoms with Crippen molar-refractivity contribution in [3.8, 4) is 5.75 Å². The second-order valence-electron chi connectivity index (χ2n) is 6.74. The number of hydrogen-bond acceptors (Lipinski definition) is 3. The summed E-state index contributed by atoms with van der Waals surface area (Å²) in [6.45, 7) is 6.41. The van der Waals surface area contributed by atoms with Gasteiger partial charge in [0.15, 0.2) is 0 Å². The minimum absolute atomic E-state index is 0.600. The predicted molar refractivity (Wildman–Crippen MR) is 108 cm³/mol. The Bertz CT molecular complexity index is 902. The number of nitrogens with one attached hydrogen (secondary N) is 1. The molecule has 5 heteroatoms. The fraction of sp³-hybridized carbons (Fsp3) is 0.364. The van der Waals surface area contributed by atoms with Gasteiger partial charge in [-0.25, -0.2) is 4.98 Å². The van der Waals surface area contributed by atoms with E-state index in [4.69, 9.17) is 9.72 Å². The van der Waals surface area contributed by atoms with Crippen LogP contribution in [0.4, 0.5) is 0 Å². The van der Waals surface area contributed by atoms with Gasteiger partial charge < -0.3 is 14.6 Å². The number of carbonyl (C=O) groups is 1. The van der Waals surface area contributed by atoms with Gasteiger partial charge in [0.25, 0.3) is 0 Å². The van der Waals surface area contributed by atoms with Gasteiger partial charge >= 0.3 is 0 Å². The van der Waals surface area contributed by atoms with E-state index in [0.29, 0.717) is 13.2 Å². The van der Waals surface area contributed by atoms with E-state index >= 15 is 0 Å². The molecule has 0 fully saturated rings. The van der Waals surface area contributed by atoms with Gasteiger partial charge in [-0.05, 0) is 56.0 Å². The van der Waals surface area contributed by atoms with Crippen LogP contribution in [0.15, 0.2) is 42.5 Å². The molecule has 142 valence electrons. The molecule has 1 aromatic heterocycles. The lowest BCUT2D eigenvalue weighted by atomic mass is 10.1. The molecule has 0 aliphatic heterocycles. The molecule has 0 radical (unpaired) electrons. The van der Waals surface area contributed by atoms with Crippen LogP contribution in [0.25, 0.3) is 11.0 Å². The molecule has 0 saturated heterocycles. The fourth-order valence-electron chi connectivity index (χ4n) is 3.24. The topological polar surface area (TPSA) is 56.1 Å². The number of aryl methyl sites for hydroxylation is 2. The van der Waals surface area contributed by atoms with E-state index in [0.717, 1.165) is 54.8 Å². The maximum Gasteiger partial charge on any atom is 0.207 e. The molecule has 1 heterocycles. The molecule has 1 N–H and O–H groups in total. The third-order valence-corrected chi connectivity index (χ3v) is 4.90. The van der Waals surface area contributed by atoms with Crippen molar-refractivity contribution in [3.63, 3.8) is 0 Å². The van der Waals surface area contributed by atoms with Crippen molar-refractivity contribution in [1.29, 1.82) is 0 Å². The van der Waals surface area contributed by atoms with Crippen LogP contribution in [-0.4, -0.2) is 29.1 Å². The van der Waals surface area contributed by atoms with E-state index < -0.39 is 0 Å². The number of aromatic nitrogens is 2. The van der Waals surface area contributed by atoms with Crippen LogP contribution in [0.1, 0.15) is 29.8 Å². The van der Waals surface area contributed by atoms with Crippen molar-refractivity contribution in [2.75, 3.05) is 13.2 Å². The molecule has 0 aliphatic carbocycles. The van der Waals surface area contributed by atoms with Gasteiger partial charge in [-0.15, -0.1) is 0 Å². The predicted octanol–water partition coefficient (Wildman–Crippen LogP) is 3.80. The van der Waals surface area contributed by atoms with Crippen LogP contribution in [0.3, 0.4) is 0 Å². The molecule has 27 heavy (non-hydrogen) atoms. The quantitative estimate of drug-likeness (QED) is 0.439. The van der Waals surface area contributed by atoms with E-state index in [2.05, 4.69) is 35.9 Å². The maximum absolute atomic E-state index is 10.5. The van der Waals surface area contributed by atoms with Crippen molar-refractivity contribution < 1.29 is 9.53 Å². The van der Waals surface area contributed by atoms with Crippen molar-refractivity contribution in [2.45, 2.75) is 39.7 Å². The van der Waals surface area contributed by atoms with Crippen molar-refractivity contribution >= 4 is 17.4 Å². The van der Waals surface area contributed by atoms with E-state index in [9.17, 15) is 4.79 Å². The van der Waals surface area contributed by atoms with Crippen LogP contribution >= 0.6 is 0 Å². The van der Waals surface area contributed by atoms with E-state index in [1.165, 1.54) is 11.1 Å². The molecular weight excluding hydrogens is 338 g/mol. The number of carbonyl (C=O) groups excluding carboxylic acids is 1. The van der Waals surface area contributed by atoms with Crippen molar-refractivity contribution in [3.05, 3.63) is 59.4 Å². The lowest BCUT2D eigenvalue weighted by Crippen LogP contribution is -2.17. The van der Waals surface area contributed by atoms with Gasteiger partial charge in [-0.2, -0.15) is 0 Å². The van der Waals surface area contributed by atoms with Crippen LogP contribution < -0.4 is 10.1 Å². The number of benzene rings is 2. The summed E-state index contributed by atoms with van der Waals surface area (Å²) in [5.74, 6) is 1.99. The molecule has 0 saturated carbocycles. The zero-order valence-electron chi connectivity index (χ0n) is 16.1. The third-order valence-electron chi connectivity index (χ3n) is 4.90. The summed E-state index contributed by atoms with van der Waals surface area (Å²) in [5, 5.41) is 2.72. The highest BCUT2D eigenvalue weighted by Crippen LogP contribution is 2.21. The molecule has 5 nitrogen and oxygen atoms in total. The van der Waals surface area contributed by atoms with Gasteiger partial charge in [0.05, 0.1) is 17.6 Å². The molecule has 2 aromatic carbocycles. The third kappa shape index (κ3) is 4.67. The molecular formula is C22H27N3O2. The van der Waals surface area contributed by atoms with Crippen LogP contribution in [0.2, 0.25) is 0 Å². The summed E-state index contributed by atoms with van der Waals surface area (Å²) in [6.07, 6.45) is 3.45. The zero-order valence-corrected chi connectivity index (χ0v) is 16.1. The second kappa shape index (κ2) is 9.21. The van der Waals surface area contributed by atoms with Gasteiger partial charge in [-0.3, -0.25) is 4.79 Å². The number of fused-ring (bicyclic) bond motifs is 1. The molecule has 3 rings (SSSR count). The molecule has 0 bridgehead atoms. The summed E-state index contributed by atoms with van der Waals surface area (Å²) in [6, 6.07) is 14.4. The van der Waals surface area contributed by atoms with Crippen LogP contribution in [0, 0.1) is 13.8 Å². The van der Waals surface area contributed by atoms with Gasteiger partial charge in [-0.1, -0.05) is 24.3 Å². The Balaban J connectivity index is 1.58. The van der Waals surface area contributed by atoms with E-state index in [1.807, 2.05) is 30.3 Å². The average Bonchev–Trinajstić information content (AvgIpc) is 3.02. The number of para-hydroxylation sites is 2. The first kappa shape index (κ1) is 19.0. The smallest absolute Gasteiger partial charge is 0.207 e. The Kier molecular flexibility index (Phi) is 6.47. The van der Waals surface area contributed by atoms with Gasteiger partial charge in [0.1, 0.15) is 11.6 Å². The molecule has 3 aromatic rings. The highest BCUT2D eigenvalue weighted by atomic mass is 16.5. The Morgan fingerprint density at radius 2 is 1.96 bits per heavy atom. The van der Waals surface area contributed by atoms with Crippen LogP contribution in [-0.2, 0) is 17.8 Å². The normalized spacial score (nSPS) is 10.9. The second-order valence-corrected chi connectivity index (χ2v) is 6.74. The minimum atomic E-state index is 0.600. The summed E-state index contributed by atoms with van der Waals surface area (Å²) in [4.78, 5) is 15.2. The Labute approximate surface area is 160 Å². The number of amides is 1. The highest BCUT2D eigenvalue weighted by Gasteiger charge is 2.10. The van der Waals surface area contributed by atoms with Crippen molar-refractivity contribution in [2.24, 2.45) is 0 Å². The Hall–Kier alpha value is -2.82. The fourth-order valence-corrected chi connectivity index (χ4v) is 3.24. The summed E-state index contributed by atoms with van der Waals surface area (Å²) in [5.41, 5.74) is 4.62. The first-order chi connectivity index (χ1) is 13.2. The zero-order chi connectivity index (χ0) is 19.1. The first-order valence-corrected chi connectivity index (χ1v) is 9.51. The molecule has 1 amide bonds. The number of hydrogen-bond donors (Lipinski definition) is 1. The van der Waals surface area contributed by atoms with E-state index in [1.54, 1.807) is 0 Å². The average molecular weight is 365 g/mol. The highest BCUT2D eigenvalue weighted by molar-refractivity contribution is 5.75. The van der Waals surface area contributed by atoms with Gasteiger partial charge in [0, 0.05) is 19.5 Å². The van der Waals surface area contributed by atoms with Crippen molar-refractivity contribution in [1.82, 2.24) is 14.9 Å². The van der Waals surface area contributed by atoms with E-state index in [-0.39, 0.29) is 0 Å². The molecule has 0 spiro atoms. The maximum atomic E-state index is 10.5. The summed E-state index contributed by atoms with van der Waals surface area (Å²) < 4.78 is 8.22. The number of unbranched alkanes of at least 4 members (excludes halogenated alkanes) is 1. The molecule has 0 aliphatic rings. The lowest BCUT2D eigenvalue weighted by Gasteiger charge is -2.12. The molecule has 0 atom stereocenters. The monoisotopic (exact) mass is 365 g/mol. The lowest BCUT2D eigenvalue weighted by molar-refractivity contribution is -0.109. The Morgan fingerprint density at radius 3 is 2.81 bits per heavy atom. The number of rotatable bonds is 10. The molecule has 0 unspecified atom stereocenters. The standard InChI is InChI=1S/C22H27N3O2/c1-17-8-7-11-21(18(17)2)27-15-6-5-14-25-20-10-4-3-9-19(20)24-22(25)12-13-23-16-26/h3-4,7-11,16H,5-6,12-15H2,1-2H3,(H,23,26). The van der Waals surface area contributed by atoms with Crippen LogP contribution in [0.5, 0.6) is 5.75 Å². The summed E-state index contributed by atoms with van der Waals surface area (Å²) in [7, 11) is 0. The van der Waals surface area contributed by atoms with Gasteiger partial charge in [0.2, 0.25) is 6.41 Å². The number of nitrogens with zero attached hydrogens (tertiary/aromatic N) is 2. The first-order valence-electron chi connectivity index (χ1n) is 9.51. The Morgan fingerprint density at radius 1 is 1.11 bits per heavy atom.